The number of carbonyl (C=O) groups excluding carboxylic acids is 5. The summed E-state index contributed by atoms with van der Waals surface area (Å²) in [5.41, 5.74) is 7.03. The topological polar surface area (TPSA) is 269 Å². The quantitative estimate of drug-likeness (QED) is 0.0280. The van der Waals surface area contributed by atoms with Crippen LogP contribution in [0.2, 0.25) is 0 Å². The highest BCUT2D eigenvalue weighted by atomic mass is 16.6. The van der Waals surface area contributed by atoms with Crippen molar-refractivity contribution in [2.45, 2.75) is 44.2 Å². The molecule has 1 aromatic heterocycles. The third-order valence-electron chi connectivity index (χ3n) is 8.57. The summed E-state index contributed by atoms with van der Waals surface area (Å²) < 4.78 is 17.6. The predicted molar refractivity (Wildman–Crippen MR) is 194 cm³/mol. The van der Waals surface area contributed by atoms with Crippen molar-refractivity contribution >= 4 is 58.8 Å². The Balaban J connectivity index is 1.38. The van der Waals surface area contributed by atoms with Crippen molar-refractivity contribution in [1.82, 2.24) is 25.8 Å². The smallest absolute Gasteiger partial charge is 0.310 e. The molecule has 3 aromatic rings. The van der Waals surface area contributed by atoms with Crippen molar-refractivity contribution in [3.05, 3.63) is 64.8 Å². The summed E-state index contributed by atoms with van der Waals surface area (Å²) in [5.74, 6) is -4.33. The van der Waals surface area contributed by atoms with Gasteiger partial charge in [-0.1, -0.05) is 42.5 Å². The van der Waals surface area contributed by atoms with Gasteiger partial charge in [0.2, 0.25) is 30.7 Å². The van der Waals surface area contributed by atoms with Crippen LogP contribution in [0.15, 0.2) is 63.8 Å². The van der Waals surface area contributed by atoms with Gasteiger partial charge in [0.1, 0.15) is 25.2 Å². The van der Waals surface area contributed by atoms with Gasteiger partial charge >= 0.3 is 17.8 Å². The maximum Gasteiger partial charge on any atom is 0.310 e. The number of fused-ring (bicyclic) bond motifs is 1. The fraction of sp³-hybridized carbons (Fsp3) is 0.389. The van der Waals surface area contributed by atoms with Crippen molar-refractivity contribution < 1.29 is 47.8 Å². The minimum Gasteiger partial charge on any atom is -0.481 e. The second kappa shape index (κ2) is 19.6. The molecule has 4 rings (SSSR count). The van der Waals surface area contributed by atoms with Crippen molar-refractivity contribution in [1.29, 1.82) is 5.41 Å². The maximum absolute atomic E-state index is 13.3. The SMILES string of the molecule is N=C(N)NCCC[C@H](NC(=O)CCC(=O)OC[N+]1(c2cc(=O)c3cccc(-c4ccccc4)c3o2)CCOCC1)C(=O)NCC(=O)N[C@H]([C]=O)CC(=O)O. The van der Waals surface area contributed by atoms with Gasteiger partial charge in [0.15, 0.2) is 17.0 Å². The van der Waals surface area contributed by atoms with Gasteiger partial charge in [-0.25, -0.2) is 4.48 Å². The second-order valence-electron chi connectivity index (χ2n) is 12.5. The minimum absolute atomic E-state index is 0.0156. The van der Waals surface area contributed by atoms with E-state index >= 15 is 0 Å². The number of aliphatic carboxylic acids is 1. The van der Waals surface area contributed by atoms with Crippen LogP contribution < -0.4 is 36.9 Å². The summed E-state index contributed by atoms with van der Waals surface area (Å²) in [6, 6.07) is 13.6. The Bertz CT molecular complexity index is 1890. The molecule has 0 saturated carbocycles. The van der Waals surface area contributed by atoms with Gasteiger partial charge < -0.3 is 46.0 Å². The first-order valence-corrected chi connectivity index (χ1v) is 17.2. The van der Waals surface area contributed by atoms with Gasteiger partial charge in [-0.3, -0.25) is 39.0 Å². The molecular formula is C36H43N7O11+. The number of guanidine groups is 1. The number of quaternary nitrogens is 1. The lowest BCUT2D eigenvalue weighted by molar-refractivity contribution is -0.151. The second-order valence-corrected chi connectivity index (χ2v) is 12.5. The number of carboxylic acids is 1. The molecule has 1 aliphatic heterocycles. The van der Waals surface area contributed by atoms with Gasteiger partial charge in [-0.15, -0.1) is 0 Å². The van der Waals surface area contributed by atoms with E-state index in [2.05, 4.69) is 21.3 Å². The zero-order valence-electron chi connectivity index (χ0n) is 29.4. The number of para-hydroxylation sites is 1. The first kappa shape index (κ1) is 40.6. The Hall–Kier alpha value is -6.14. The summed E-state index contributed by atoms with van der Waals surface area (Å²) in [7, 11) is 0. The lowest BCUT2D eigenvalue weighted by Gasteiger charge is -2.37. The summed E-state index contributed by atoms with van der Waals surface area (Å²) in [6.45, 7) is 0.687. The normalized spacial score (nSPS) is 14.5. The number of nitrogens with zero attached hydrogens (tertiary/aromatic N) is 1. The molecule has 287 valence electrons. The molecule has 2 heterocycles. The molecule has 0 spiro atoms. The predicted octanol–water partition coefficient (Wildman–Crippen LogP) is 0.0119. The van der Waals surface area contributed by atoms with E-state index < -0.39 is 54.7 Å². The Kier molecular flexibility index (Phi) is 14.8. The van der Waals surface area contributed by atoms with Gasteiger partial charge in [0.25, 0.3) is 0 Å². The van der Waals surface area contributed by atoms with Gasteiger partial charge in [0.05, 0.1) is 44.1 Å². The average Bonchev–Trinajstić information content (AvgIpc) is 3.16. The van der Waals surface area contributed by atoms with Crippen LogP contribution in [-0.2, 0) is 38.2 Å². The number of benzene rings is 2. The Morgan fingerprint density at radius 1 is 0.981 bits per heavy atom. The summed E-state index contributed by atoms with van der Waals surface area (Å²) in [4.78, 5) is 86.1. The molecular weight excluding hydrogens is 706 g/mol. The van der Waals surface area contributed by atoms with Crippen LogP contribution in [0.25, 0.3) is 22.1 Å². The third-order valence-corrected chi connectivity index (χ3v) is 8.57. The van der Waals surface area contributed by atoms with Crippen LogP contribution in [0.1, 0.15) is 32.1 Å². The first-order chi connectivity index (χ1) is 25.9. The third kappa shape index (κ3) is 11.7. The monoisotopic (exact) mass is 749 g/mol. The fourth-order valence-electron chi connectivity index (χ4n) is 5.73. The number of nitrogens with two attached hydrogens (primary N) is 1. The molecule has 54 heavy (non-hydrogen) atoms. The molecule has 1 aliphatic rings. The highest BCUT2D eigenvalue weighted by Crippen LogP contribution is 2.33. The van der Waals surface area contributed by atoms with Crippen LogP contribution in [0, 0.1) is 5.41 Å². The van der Waals surface area contributed by atoms with E-state index in [0.29, 0.717) is 43.2 Å². The molecule has 2 aromatic carbocycles. The molecule has 18 nitrogen and oxygen atoms in total. The molecule has 1 fully saturated rings. The summed E-state index contributed by atoms with van der Waals surface area (Å²) >= 11 is 0. The largest absolute Gasteiger partial charge is 0.481 e. The highest BCUT2D eigenvalue weighted by Gasteiger charge is 2.38. The van der Waals surface area contributed by atoms with E-state index in [1.807, 2.05) is 36.4 Å². The molecule has 1 saturated heterocycles. The number of morpholine rings is 1. The number of rotatable bonds is 19. The molecule has 1 radical (unpaired) electrons. The van der Waals surface area contributed by atoms with Crippen molar-refractivity contribution in [2.24, 2.45) is 5.73 Å². The number of amides is 3. The summed E-state index contributed by atoms with van der Waals surface area (Å²) in [6.07, 6.45) is 0.321. The maximum atomic E-state index is 13.3. The van der Waals surface area contributed by atoms with Crippen LogP contribution in [0.4, 0.5) is 5.88 Å². The number of hydrogen-bond acceptors (Lipinski definition) is 11. The number of hydrogen-bond donors (Lipinski definition) is 7. The van der Waals surface area contributed by atoms with Gasteiger partial charge in [0, 0.05) is 18.5 Å². The lowest BCUT2D eigenvalue weighted by atomic mass is 10.0. The molecule has 8 N–H and O–H groups in total. The zero-order valence-corrected chi connectivity index (χ0v) is 29.4. The molecule has 18 heteroatoms. The standard InChI is InChI=1S/C36H42N7O11/c37-36(38)39-13-5-10-27(35(51)40-20-30(47)41-24(21-44)18-32(48)49)42-29(46)11-12-33(50)53-22-43(14-16-52-17-15-43)31-19-28(45)26-9-4-8-25(34(26)54-31)23-6-2-1-3-7-23/h1-4,6-9,19,24,27H,5,10-18,20,22H2,(H7-,37,38,39,40,41,42,46,47,48,49,51)/p+1/t24-,27-/m0/s1. The van der Waals surface area contributed by atoms with Gasteiger partial charge in [-0.05, 0) is 24.5 Å². The molecule has 0 bridgehead atoms. The van der Waals surface area contributed by atoms with Crippen molar-refractivity contribution in [2.75, 3.05) is 46.1 Å². The number of nitrogens with one attached hydrogen (secondary N) is 5. The van der Waals surface area contributed by atoms with E-state index in [1.54, 1.807) is 12.1 Å². The Morgan fingerprint density at radius 2 is 1.72 bits per heavy atom. The van der Waals surface area contributed by atoms with Crippen LogP contribution in [0.5, 0.6) is 0 Å². The highest BCUT2D eigenvalue weighted by molar-refractivity contribution is 5.93. The van der Waals surface area contributed by atoms with Crippen LogP contribution in [-0.4, -0.2) is 105 Å². The average molecular weight is 750 g/mol. The molecule has 2 atom stereocenters. The minimum atomic E-state index is -1.42. The van der Waals surface area contributed by atoms with Gasteiger partial charge in [-0.2, -0.15) is 0 Å². The van der Waals surface area contributed by atoms with E-state index in [1.165, 1.54) is 12.4 Å². The van der Waals surface area contributed by atoms with E-state index in [4.69, 9.17) is 30.1 Å². The molecule has 0 unspecified atom stereocenters. The van der Waals surface area contributed by atoms with Crippen molar-refractivity contribution in [3.63, 3.8) is 0 Å². The van der Waals surface area contributed by atoms with Crippen LogP contribution >= 0.6 is 0 Å². The number of carbonyl (C=O) groups is 5. The number of esters is 1. The van der Waals surface area contributed by atoms with E-state index in [-0.39, 0.29) is 54.8 Å². The van der Waals surface area contributed by atoms with E-state index in [0.717, 1.165) is 11.1 Å². The van der Waals surface area contributed by atoms with E-state index in [9.17, 15) is 33.6 Å². The number of carboxylic acid groups (broad SMARTS) is 1. The fourth-order valence-corrected chi connectivity index (χ4v) is 5.73. The zero-order chi connectivity index (χ0) is 39.1. The lowest BCUT2D eigenvalue weighted by Crippen LogP contribution is -2.58. The Labute approximate surface area is 309 Å². The summed E-state index contributed by atoms with van der Waals surface area (Å²) in [5, 5.41) is 26.1. The number of ether oxygens (including phenoxy) is 2. The van der Waals surface area contributed by atoms with Crippen molar-refractivity contribution in [3.8, 4) is 11.1 Å². The molecule has 3 amide bonds. The Morgan fingerprint density at radius 3 is 2.41 bits per heavy atom. The molecule has 0 aliphatic carbocycles. The van der Waals surface area contributed by atoms with Crippen LogP contribution in [0.3, 0.4) is 0 Å². The first-order valence-electron chi connectivity index (χ1n) is 17.2.